The lowest BCUT2D eigenvalue weighted by molar-refractivity contribution is 0.122. The van der Waals surface area contributed by atoms with E-state index < -0.39 is 42.6 Å². The third-order valence-corrected chi connectivity index (χ3v) is 7.29. The van der Waals surface area contributed by atoms with Crippen LogP contribution in [0.1, 0.15) is 17.3 Å². The summed E-state index contributed by atoms with van der Waals surface area (Å²) in [7, 11) is -2.65. The van der Waals surface area contributed by atoms with Crippen molar-refractivity contribution in [3.05, 3.63) is 76.3 Å². The molecule has 3 aromatic heterocycles. The third-order valence-electron chi connectivity index (χ3n) is 5.46. The second-order valence-electron chi connectivity index (χ2n) is 8.43. The number of anilines is 1. The topological polar surface area (TPSA) is 67.8 Å². The lowest BCUT2D eigenvalue weighted by atomic mass is 10.1. The summed E-state index contributed by atoms with van der Waals surface area (Å²) < 4.78 is 83.5. The maximum absolute atomic E-state index is 15.0. The van der Waals surface area contributed by atoms with Gasteiger partial charge in [0, 0.05) is 23.4 Å². The molecule has 0 aliphatic heterocycles. The predicted octanol–water partition coefficient (Wildman–Crippen LogP) is 6.74. The van der Waals surface area contributed by atoms with Crippen molar-refractivity contribution in [1.29, 1.82) is 0 Å². The van der Waals surface area contributed by atoms with Gasteiger partial charge in [0.1, 0.15) is 24.4 Å². The van der Waals surface area contributed by atoms with E-state index in [-0.39, 0.29) is 38.7 Å². The SMILES string of the molecule is Cc1nc2cc(F)c(-c3ccc(P(C)(C)=O)nc3)nc2c(N[C@H](c2cccc(F)c2F)C(F)F)c1Cl. The molecule has 1 N–H and O–H groups in total. The zero-order valence-electron chi connectivity index (χ0n) is 19.2. The minimum absolute atomic E-state index is 0.00424. The molecule has 0 radical (unpaired) electrons. The second-order valence-corrected chi connectivity index (χ2v) is 12.0. The number of pyridine rings is 3. The van der Waals surface area contributed by atoms with E-state index in [1.54, 1.807) is 13.3 Å². The first-order valence-electron chi connectivity index (χ1n) is 10.6. The number of halogens is 6. The lowest BCUT2D eigenvalue weighted by Crippen LogP contribution is -2.21. The molecule has 4 aromatic rings. The second kappa shape index (κ2) is 9.75. The van der Waals surface area contributed by atoms with E-state index in [0.717, 1.165) is 24.3 Å². The van der Waals surface area contributed by atoms with E-state index >= 15 is 4.39 Å². The molecule has 0 saturated heterocycles. The van der Waals surface area contributed by atoms with Crippen LogP contribution >= 0.6 is 18.7 Å². The molecule has 5 nitrogen and oxygen atoms in total. The Bertz CT molecular complexity index is 1510. The molecule has 12 heteroatoms. The van der Waals surface area contributed by atoms with Gasteiger partial charge < -0.3 is 9.88 Å². The van der Waals surface area contributed by atoms with E-state index in [0.29, 0.717) is 5.44 Å². The highest BCUT2D eigenvalue weighted by atomic mass is 35.5. The normalized spacial score (nSPS) is 12.8. The van der Waals surface area contributed by atoms with Crippen molar-refractivity contribution in [3.63, 3.8) is 0 Å². The van der Waals surface area contributed by atoms with Gasteiger partial charge in [-0.25, -0.2) is 31.9 Å². The molecule has 0 aliphatic carbocycles. The number of hydrogen-bond donors (Lipinski definition) is 1. The Balaban J connectivity index is 1.89. The van der Waals surface area contributed by atoms with Crippen LogP contribution < -0.4 is 10.8 Å². The first kappa shape index (κ1) is 26.0. The quantitative estimate of drug-likeness (QED) is 0.217. The van der Waals surface area contributed by atoms with Crippen LogP contribution in [-0.4, -0.2) is 34.7 Å². The number of aryl methyl sites for hydroxylation is 1. The molecule has 0 unspecified atom stereocenters. The molecular weight excluding hydrogens is 522 g/mol. The van der Waals surface area contributed by atoms with Crippen LogP contribution in [0.25, 0.3) is 22.3 Å². The Hall–Kier alpha value is -3.10. The Morgan fingerprint density at radius 1 is 1.03 bits per heavy atom. The lowest BCUT2D eigenvalue weighted by Gasteiger charge is -2.22. The molecule has 1 aromatic carbocycles. The van der Waals surface area contributed by atoms with Crippen LogP contribution in [0, 0.1) is 24.4 Å². The number of alkyl halides is 2. The average Bonchev–Trinajstić information content (AvgIpc) is 2.81. The average molecular weight is 541 g/mol. The molecule has 4 rings (SSSR count). The van der Waals surface area contributed by atoms with Gasteiger partial charge in [-0.15, -0.1) is 0 Å². The van der Waals surface area contributed by atoms with Crippen LogP contribution in [0.15, 0.2) is 42.6 Å². The van der Waals surface area contributed by atoms with Crippen molar-refractivity contribution in [2.45, 2.75) is 19.4 Å². The summed E-state index contributed by atoms with van der Waals surface area (Å²) in [6, 6.07) is 4.98. The molecule has 0 fully saturated rings. The Labute approximate surface area is 208 Å². The van der Waals surface area contributed by atoms with Gasteiger partial charge in [-0.3, -0.25) is 4.98 Å². The van der Waals surface area contributed by atoms with E-state index in [9.17, 15) is 22.1 Å². The van der Waals surface area contributed by atoms with Crippen molar-refractivity contribution >= 4 is 40.9 Å². The largest absolute Gasteiger partial charge is 0.370 e. The fraction of sp³-hybridized carbons (Fsp3) is 0.208. The molecule has 36 heavy (non-hydrogen) atoms. The first-order valence-corrected chi connectivity index (χ1v) is 13.5. The van der Waals surface area contributed by atoms with Crippen molar-refractivity contribution < 1.29 is 26.5 Å². The summed E-state index contributed by atoms with van der Waals surface area (Å²) in [4.78, 5) is 12.6. The van der Waals surface area contributed by atoms with Crippen LogP contribution in [-0.2, 0) is 4.57 Å². The number of benzene rings is 1. The van der Waals surface area contributed by atoms with Gasteiger partial charge in [-0.1, -0.05) is 23.7 Å². The first-order chi connectivity index (χ1) is 16.9. The zero-order chi connectivity index (χ0) is 26.4. The smallest absolute Gasteiger partial charge is 0.262 e. The number of fused-ring (bicyclic) bond motifs is 1. The van der Waals surface area contributed by atoms with Crippen molar-refractivity contribution in [2.24, 2.45) is 0 Å². The number of nitrogens with one attached hydrogen (secondary N) is 1. The highest BCUT2D eigenvalue weighted by Crippen LogP contribution is 2.38. The maximum Gasteiger partial charge on any atom is 0.262 e. The molecule has 3 heterocycles. The van der Waals surface area contributed by atoms with Gasteiger partial charge in [-0.05, 0) is 38.5 Å². The Kier molecular flexibility index (Phi) is 7.03. The molecule has 0 spiro atoms. The summed E-state index contributed by atoms with van der Waals surface area (Å²) in [5.41, 5.74) is -0.252. The number of aromatic nitrogens is 3. The van der Waals surface area contributed by atoms with Gasteiger partial charge >= 0.3 is 0 Å². The van der Waals surface area contributed by atoms with Crippen LogP contribution in [0.5, 0.6) is 0 Å². The Morgan fingerprint density at radius 3 is 2.36 bits per heavy atom. The summed E-state index contributed by atoms with van der Waals surface area (Å²) in [5, 5.41) is 2.38. The van der Waals surface area contributed by atoms with Gasteiger partial charge in [0.25, 0.3) is 6.43 Å². The minimum atomic E-state index is -3.17. The predicted molar refractivity (Wildman–Crippen MR) is 130 cm³/mol. The number of rotatable bonds is 6. The molecule has 0 amide bonds. The molecule has 0 saturated carbocycles. The minimum Gasteiger partial charge on any atom is -0.370 e. The summed E-state index contributed by atoms with van der Waals surface area (Å²) >= 11 is 6.37. The van der Waals surface area contributed by atoms with E-state index in [1.807, 2.05) is 0 Å². The van der Waals surface area contributed by atoms with Gasteiger partial charge in [0.2, 0.25) is 0 Å². The summed E-state index contributed by atoms with van der Waals surface area (Å²) in [6.45, 7) is 4.56. The molecular formula is C24H19ClF5N4OP. The Morgan fingerprint density at radius 2 is 1.75 bits per heavy atom. The zero-order valence-corrected chi connectivity index (χ0v) is 20.8. The van der Waals surface area contributed by atoms with E-state index in [1.165, 1.54) is 25.3 Å². The van der Waals surface area contributed by atoms with E-state index in [2.05, 4.69) is 20.3 Å². The fourth-order valence-corrected chi connectivity index (χ4v) is 4.59. The highest BCUT2D eigenvalue weighted by molar-refractivity contribution is 7.69. The summed E-state index contributed by atoms with van der Waals surface area (Å²) in [6.07, 6.45) is -1.87. The fourth-order valence-electron chi connectivity index (χ4n) is 3.63. The molecule has 188 valence electrons. The van der Waals surface area contributed by atoms with Crippen LogP contribution in [0.2, 0.25) is 5.02 Å². The number of hydrogen-bond acceptors (Lipinski definition) is 5. The molecule has 0 bridgehead atoms. The van der Waals surface area contributed by atoms with Crippen LogP contribution in [0.4, 0.5) is 27.6 Å². The number of nitrogens with zero attached hydrogens (tertiary/aromatic N) is 3. The molecule has 0 aliphatic rings. The van der Waals surface area contributed by atoms with Crippen LogP contribution in [0.3, 0.4) is 0 Å². The molecule has 1 atom stereocenters. The maximum atomic E-state index is 15.0. The van der Waals surface area contributed by atoms with Crippen molar-refractivity contribution in [1.82, 2.24) is 15.0 Å². The van der Waals surface area contributed by atoms with Gasteiger partial charge in [0.15, 0.2) is 17.5 Å². The van der Waals surface area contributed by atoms with Crippen molar-refractivity contribution in [2.75, 3.05) is 18.6 Å². The third kappa shape index (κ3) is 4.92. The summed E-state index contributed by atoms with van der Waals surface area (Å²) in [5.74, 6) is -3.49. The van der Waals surface area contributed by atoms with Gasteiger partial charge in [0.05, 0.1) is 27.4 Å². The standard InChI is InChI=1S/C24H19ClF5N4OP/c1-11-18(25)23(34-21(24(29)30)13-5-4-6-14(26)19(13)28)22-16(32-11)9-15(27)20(33-22)12-7-8-17(31-10-12)36(2,3)35/h4-10,21,24H,1-3H3,(H,32,34)/t21-/m1/s1. The van der Waals surface area contributed by atoms with Gasteiger partial charge in [-0.2, -0.15) is 0 Å². The van der Waals surface area contributed by atoms with Crippen molar-refractivity contribution in [3.8, 4) is 11.3 Å². The highest BCUT2D eigenvalue weighted by Gasteiger charge is 2.29. The monoisotopic (exact) mass is 540 g/mol. The van der Waals surface area contributed by atoms with E-state index in [4.69, 9.17) is 11.6 Å².